The lowest BCUT2D eigenvalue weighted by molar-refractivity contribution is -0.148. The number of rotatable bonds is 4. The molecular weight excluding hydrogens is 278 g/mol. The first-order chi connectivity index (χ1) is 9.47. The van der Waals surface area contributed by atoms with E-state index in [4.69, 9.17) is 0 Å². The van der Waals surface area contributed by atoms with Crippen LogP contribution >= 0.6 is 11.3 Å². The maximum atomic E-state index is 12.1. The summed E-state index contributed by atoms with van der Waals surface area (Å²) in [5.74, 6) is -0.814. The highest BCUT2D eigenvalue weighted by Crippen LogP contribution is 2.34. The van der Waals surface area contributed by atoms with Crippen molar-refractivity contribution in [1.29, 1.82) is 0 Å². The van der Waals surface area contributed by atoms with E-state index >= 15 is 0 Å². The first-order valence-corrected chi connectivity index (χ1v) is 7.52. The summed E-state index contributed by atoms with van der Waals surface area (Å²) in [7, 11) is 0. The molecule has 0 saturated carbocycles. The molecule has 1 fully saturated rings. The van der Waals surface area contributed by atoms with Crippen molar-refractivity contribution in [3.05, 3.63) is 16.1 Å². The van der Waals surface area contributed by atoms with Crippen molar-refractivity contribution in [3.63, 3.8) is 0 Å². The molecule has 0 aromatic carbocycles. The number of likely N-dealkylation sites (tertiary alicyclic amines) is 1. The third-order valence-electron chi connectivity index (χ3n) is 3.83. The maximum Gasteiger partial charge on any atom is 0.317 e. The third kappa shape index (κ3) is 2.92. The molecular formula is C13H19N3O3S. The first kappa shape index (κ1) is 14.8. The number of urea groups is 1. The second-order valence-electron chi connectivity index (χ2n) is 5.15. The number of hydrogen-bond acceptors (Lipinski definition) is 4. The SMILES string of the molecule is CCC1(C(=O)O)CCN(C(=O)NCc2nc(C)cs2)C1. The number of nitrogens with one attached hydrogen (secondary N) is 1. The van der Waals surface area contributed by atoms with Crippen LogP contribution in [0.2, 0.25) is 0 Å². The van der Waals surface area contributed by atoms with Crippen molar-refractivity contribution in [2.45, 2.75) is 33.2 Å². The van der Waals surface area contributed by atoms with E-state index in [2.05, 4.69) is 10.3 Å². The van der Waals surface area contributed by atoms with Gasteiger partial charge >= 0.3 is 12.0 Å². The molecule has 6 nitrogen and oxygen atoms in total. The summed E-state index contributed by atoms with van der Waals surface area (Å²) in [6.07, 6.45) is 1.06. The maximum absolute atomic E-state index is 12.1. The Labute approximate surface area is 121 Å². The first-order valence-electron chi connectivity index (χ1n) is 6.64. The fourth-order valence-corrected chi connectivity index (χ4v) is 3.12. The predicted molar refractivity (Wildman–Crippen MR) is 75.6 cm³/mol. The van der Waals surface area contributed by atoms with Crippen LogP contribution in [-0.2, 0) is 11.3 Å². The number of carboxylic acids is 1. The van der Waals surface area contributed by atoms with Crippen molar-refractivity contribution < 1.29 is 14.7 Å². The Morgan fingerprint density at radius 1 is 1.60 bits per heavy atom. The van der Waals surface area contributed by atoms with Gasteiger partial charge in [-0.1, -0.05) is 6.92 Å². The van der Waals surface area contributed by atoms with Crippen LogP contribution in [0.25, 0.3) is 0 Å². The zero-order valence-electron chi connectivity index (χ0n) is 11.7. The Kier molecular flexibility index (Phi) is 4.27. The highest BCUT2D eigenvalue weighted by molar-refractivity contribution is 7.09. The lowest BCUT2D eigenvalue weighted by Gasteiger charge is -2.23. The molecule has 2 rings (SSSR count). The number of thiazole rings is 1. The standard InChI is InChI=1S/C13H19N3O3S/c1-3-13(11(17)18)4-5-16(8-13)12(19)14-6-10-15-9(2)7-20-10/h7H,3-6,8H2,1-2H3,(H,14,19)(H,17,18). The van der Waals surface area contributed by atoms with Crippen molar-refractivity contribution in [2.75, 3.05) is 13.1 Å². The van der Waals surface area contributed by atoms with Gasteiger partial charge in [-0.25, -0.2) is 9.78 Å². The predicted octanol–water partition coefficient (Wildman–Crippen LogP) is 1.85. The van der Waals surface area contributed by atoms with E-state index in [9.17, 15) is 14.7 Å². The summed E-state index contributed by atoms with van der Waals surface area (Å²) in [6, 6.07) is -0.213. The second kappa shape index (κ2) is 5.78. The average molecular weight is 297 g/mol. The quantitative estimate of drug-likeness (QED) is 0.888. The minimum absolute atomic E-state index is 0.213. The summed E-state index contributed by atoms with van der Waals surface area (Å²) in [6.45, 7) is 4.92. The molecule has 0 radical (unpaired) electrons. The molecule has 20 heavy (non-hydrogen) atoms. The summed E-state index contributed by atoms with van der Waals surface area (Å²) >= 11 is 1.50. The number of aromatic nitrogens is 1. The highest BCUT2D eigenvalue weighted by atomic mass is 32.1. The van der Waals surface area contributed by atoms with Gasteiger partial charge in [0.1, 0.15) is 5.01 Å². The monoisotopic (exact) mass is 297 g/mol. The third-order valence-corrected chi connectivity index (χ3v) is 4.80. The van der Waals surface area contributed by atoms with Crippen LogP contribution in [-0.4, -0.2) is 40.1 Å². The molecule has 0 aliphatic carbocycles. The number of carboxylic acid groups (broad SMARTS) is 1. The molecule has 1 unspecified atom stereocenters. The summed E-state index contributed by atoms with van der Waals surface area (Å²) in [4.78, 5) is 29.2. The van der Waals surface area contributed by atoms with E-state index in [1.165, 1.54) is 11.3 Å². The van der Waals surface area contributed by atoms with Crippen molar-refractivity contribution in [3.8, 4) is 0 Å². The minimum atomic E-state index is -0.814. The van der Waals surface area contributed by atoms with E-state index in [0.29, 0.717) is 25.9 Å². The summed E-state index contributed by atoms with van der Waals surface area (Å²) < 4.78 is 0. The fourth-order valence-electron chi connectivity index (χ4n) is 2.41. The molecule has 110 valence electrons. The van der Waals surface area contributed by atoms with Crippen LogP contribution in [0, 0.1) is 12.3 Å². The number of hydrogen-bond donors (Lipinski definition) is 2. The van der Waals surface area contributed by atoms with E-state index in [0.717, 1.165) is 10.7 Å². The number of carbonyl (C=O) groups excluding carboxylic acids is 1. The van der Waals surface area contributed by atoms with Crippen molar-refractivity contribution in [1.82, 2.24) is 15.2 Å². The molecule has 1 saturated heterocycles. The Hall–Kier alpha value is -1.63. The zero-order chi connectivity index (χ0) is 14.8. The van der Waals surface area contributed by atoms with Crippen LogP contribution in [0.3, 0.4) is 0 Å². The van der Waals surface area contributed by atoms with E-state index < -0.39 is 11.4 Å². The number of carbonyl (C=O) groups is 2. The van der Waals surface area contributed by atoms with Crippen molar-refractivity contribution >= 4 is 23.3 Å². The fraction of sp³-hybridized carbons (Fsp3) is 0.615. The van der Waals surface area contributed by atoms with Crippen LogP contribution in [0.5, 0.6) is 0 Å². The smallest absolute Gasteiger partial charge is 0.317 e. The zero-order valence-corrected chi connectivity index (χ0v) is 12.5. The van der Waals surface area contributed by atoms with Crippen molar-refractivity contribution in [2.24, 2.45) is 5.41 Å². The molecule has 0 spiro atoms. The highest BCUT2D eigenvalue weighted by Gasteiger charge is 2.44. The Morgan fingerprint density at radius 2 is 2.35 bits per heavy atom. The van der Waals surface area contributed by atoms with Gasteiger partial charge in [-0.05, 0) is 19.8 Å². The molecule has 2 N–H and O–H groups in total. The summed E-state index contributed by atoms with van der Waals surface area (Å²) in [5, 5.41) is 14.9. The van der Waals surface area contributed by atoms with Crippen LogP contribution < -0.4 is 5.32 Å². The average Bonchev–Trinajstić information content (AvgIpc) is 3.03. The largest absolute Gasteiger partial charge is 0.481 e. The van der Waals surface area contributed by atoms with Crippen LogP contribution in [0.4, 0.5) is 4.79 Å². The van der Waals surface area contributed by atoms with Gasteiger partial charge in [-0.3, -0.25) is 4.79 Å². The molecule has 2 amide bonds. The number of aryl methyl sites for hydroxylation is 1. The Balaban J connectivity index is 1.90. The topological polar surface area (TPSA) is 82.5 Å². The Bertz CT molecular complexity index is 517. The van der Waals surface area contributed by atoms with Gasteiger partial charge in [0.15, 0.2) is 0 Å². The van der Waals surface area contributed by atoms with Gasteiger partial charge in [-0.2, -0.15) is 0 Å². The molecule has 7 heteroatoms. The lowest BCUT2D eigenvalue weighted by Crippen LogP contribution is -2.41. The van der Waals surface area contributed by atoms with Crippen LogP contribution in [0.15, 0.2) is 5.38 Å². The van der Waals surface area contributed by atoms with E-state index in [1.54, 1.807) is 4.90 Å². The summed E-state index contributed by atoms with van der Waals surface area (Å²) in [5.41, 5.74) is 0.158. The lowest BCUT2D eigenvalue weighted by atomic mass is 9.84. The van der Waals surface area contributed by atoms with Gasteiger partial charge in [0.2, 0.25) is 0 Å². The van der Waals surface area contributed by atoms with Gasteiger partial charge < -0.3 is 15.3 Å². The molecule has 1 aromatic heterocycles. The molecule has 1 aliphatic heterocycles. The van der Waals surface area contributed by atoms with E-state index in [1.807, 2.05) is 19.2 Å². The van der Waals surface area contributed by atoms with Crippen LogP contribution in [0.1, 0.15) is 30.5 Å². The van der Waals surface area contributed by atoms with E-state index in [-0.39, 0.29) is 12.6 Å². The minimum Gasteiger partial charge on any atom is -0.481 e. The number of amides is 2. The van der Waals surface area contributed by atoms with Gasteiger partial charge in [0.25, 0.3) is 0 Å². The molecule has 0 bridgehead atoms. The van der Waals surface area contributed by atoms with Gasteiger partial charge in [-0.15, -0.1) is 11.3 Å². The molecule has 2 heterocycles. The van der Waals surface area contributed by atoms with Gasteiger partial charge in [0.05, 0.1) is 12.0 Å². The Morgan fingerprint density at radius 3 is 2.85 bits per heavy atom. The van der Waals surface area contributed by atoms with Gasteiger partial charge in [0, 0.05) is 24.2 Å². The normalized spacial score (nSPS) is 22.0. The molecule has 1 atom stereocenters. The second-order valence-corrected chi connectivity index (χ2v) is 6.09. The number of aliphatic carboxylic acids is 1. The molecule has 1 aromatic rings. The number of nitrogens with zero attached hydrogens (tertiary/aromatic N) is 2. The molecule has 1 aliphatic rings.